The molecule has 142 valence electrons. The lowest BCUT2D eigenvalue weighted by molar-refractivity contribution is -0.137. The van der Waals surface area contributed by atoms with Gasteiger partial charge in [0.25, 0.3) is 5.91 Å². The Labute approximate surface area is 158 Å². The highest BCUT2D eigenvalue weighted by Crippen LogP contribution is 2.34. The average molecular weight is 381 g/mol. The second-order valence-corrected chi connectivity index (χ2v) is 5.86. The number of nitrogens with zero attached hydrogens (tertiary/aromatic N) is 3. The van der Waals surface area contributed by atoms with Crippen molar-refractivity contribution in [3.63, 3.8) is 0 Å². The molecule has 9 heteroatoms. The van der Waals surface area contributed by atoms with E-state index in [0.29, 0.717) is 28.0 Å². The fraction of sp³-hybridized carbons (Fsp3) is 0.105. The SMILES string of the molecule is Cc1nc(C(=O)N(CC(=O)O)N=O)c(O)c2ccc(Oc3ccccc3)cc12. The van der Waals surface area contributed by atoms with E-state index in [1.807, 2.05) is 18.2 Å². The van der Waals surface area contributed by atoms with E-state index in [-0.39, 0.29) is 5.01 Å². The molecule has 1 aromatic heterocycles. The zero-order valence-corrected chi connectivity index (χ0v) is 14.7. The van der Waals surface area contributed by atoms with Gasteiger partial charge in [0, 0.05) is 16.5 Å². The number of aryl methyl sites for hydroxylation is 1. The first-order valence-electron chi connectivity index (χ1n) is 8.14. The van der Waals surface area contributed by atoms with Gasteiger partial charge in [0.1, 0.15) is 18.0 Å². The van der Waals surface area contributed by atoms with E-state index < -0.39 is 29.9 Å². The topological polar surface area (TPSA) is 129 Å². The lowest BCUT2D eigenvalue weighted by Crippen LogP contribution is -2.31. The van der Waals surface area contributed by atoms with Gasteiger partial charge in [-0.3, -0.25) is 9.59 Å². The number of amides is 1. The van der Waals surface area contributed by atoms with Gasteiger partial charge in [0.05, 0.1) is 5.29 Å². The van der Waals surface area contributed by atoms with Crippen LogP contribution in [0.2, 0.25) is 0 Å². The van der Waals surface area contributed by atoms with E-state index >= 15 is 0 Å². The molecular formula is C19H15N3O6. The molecule has 0 bridgehead atoms. The monoisotopic (exact) mass is 381 g/mol. The van der Waals surface area contributed by atoms with Crippen LogP contribution >= 0.6 is 0 Å². The molecule has 3 aromatic rings. The fourth-order valence-corrected chi connectivity index (χ4v) is 2.66. The molecule has 0 saturated heterocycles. The van der Waals surface area contributed by atoms with E-state index in [2.05, 4.69) is 10.3 Å². The maximum absolute atomic E-state index is 12.4. The highest BCUT2D eigenvalue weighted by molar-refractivity contribution is 6.03. The molecule has 1 amide bonds. The summed E-state index contributed by atoms with van der Waals surface area (Å²) in [6.45, 7) is 0.672. The lowest BCUT2D eigenvalue weighted by Gasteiger charge is -2.14. The first kappa shape index (κ1) is 18.8. The Morgan fingerprint density at radius 3 is 2.46 bits per heavy atom. The Kier molecular flexibility index (Phi) is 5.16. The van der Waals surface area contributed by atoms with E-state index in [0.717, 1.165) is 0 Å². The van der Waals surface area contributed by atoms with Crippen LogP contribution in [0.15, 0.2) is 53.8 Å². The number of carboxylic acid groups (broad SMARTS) is 1. The van der Waals surface area contributed by atoms with Gasteiger partial charge in [-0.2, -0.15) is 5.01 Å². The van der Waals surface area contributed by atoms with Crippen molar-refractivity contribution >= 4 is 22.6 Å². The van der Waals surface area contributed by atoms with Crippen molar-refractivity contribution in [2.24, 2.45) is 5.29 Å². The number of benzene rings is 2. The molecule has 0 aliphatic carbocycles. The van der Waals surface area contributed by atoms with Crippen molar-refractivity contribution in [1.82, 2.24) is 9.99 Å². The number of hydrogen-bond acceptors (Lipinski definition) is 7. The zero-order chi connectivity index (χ0) is 20.3. The third kappa shape index (κ3) is 3.73. The van der Waals surface area contributed by atoms with Crippen LogP contribution < -0.4 is 4.74 Å². The summed E-state index contributed by atoms with van der Waals surface area (Å²) in [5.74, 6) is -1.87. The third-order valence-corrected chi connectivity index (χ3v) is 3.94. The standard InChI is InChI=1S/C19H15N3O6/c1-11-15-9-13(28-12-5-3-2-4-6-12)7-8-14(15)18(25)17(20-11)19(26)22(21-27)10-16(23)24/h2-9,25H,10H2,1H3,(H,23,24). The van der Waals surface area contributed by atoms with Gasteiger partial charge < -0.3 is 14.9 Å². The lowest BCUT2D eigenvalue weighted by atomic mass is 10.1. The molecule has 0 atom stereocenters. The smallest absolute Gasteiger partial charge is 0.325 e. The van der Waals surface area contributed by atoms with Crippen LogP contribution in [0, 0.1) is 11.8 Å². The number of aromatic hydroxyl groups is 1. The van der Waals surface area contributed by atoms with Gasteiger partial charge in [-0.15, -0.1) is 4.91 Å². The Balaban J connectivity index is 2.01. The number of aromatic nitrogens is 1. The Hall–Kier alpha value is -4.01. The maximum Gasteiger partial charge on any atom is 0.325 e. The Morgan fingerprint density at radius 1 is 1.11 bits per heavy atom. The number of para-hydroxylation sites is 1. The third-order valence-electron chi connectivity index (χ3n) is 3.94. The number of carboxylic acids is 1. The van der Waals surface area contributed by atoms with Crippen molar-refractivity contribution in [3.05, 3.63) is 64.8 Å². The average Bonchev–Trinajstić information content (AvgIpc) is 2.69. The van der Waals surface area contributed by atoms with Crippen LogP contribution in [0.5, 0.6) is 17.2 Å². The summed E-state index contributed by atoms with van der Waals surface area (Å²) in [5, 5.41) is 22.6. The van der Waals surface area contributed by atoms with Crippen molar-refractivity contribution in [2.75, 3.05) is 6.54 Å². The largest absolute Gasteiger partial charge is 0.505 e. The number of aliphatic carboxylic acids is 1. The quantitative estimate of drug-likeness (QED) is 0.495. The van der Waals surface area contributed by atoms with Crippen molar-refractivity contribution < 1.29 is 24.5 Å². The molecule has 0 aliphatic heterocycles. The summed E-state index contributed by atoms with van der Waals surface area (Å²) in [7, 11) is 0. The Bertz CT molecular complexity index is 1070. The van der Waals surface area contributed by atoms with Crippen molar-refractivity contribution in [3.8, 4) is 17.2 Å². The second-order valence-electron chi connectivity index (χ2n) is 5.86. The predicted octanol–water partition coefficient (Wildman–Crippen LogP) is 3.25. The molecule has 0 radical (unpaired) electrons. The number of nitroso groups, excluding NO2 is 1. The summed E-state index contributed by atoms with van der Waals surface area (Å²) >= 11 is 0. The summed E-state index contributed by atoms with van der Waals surface area (Å²) < 4.78 is 5.75. The molecular weight excluding hydrogens is 366 g/mol. The highest BCUT2D eigenvalue weighted by Gasteiger charge is 2.26. The van der Waals surface area contributed by atoms with E-state index in [1.54, 1.807) is 37.3 Å². The molecule has 0 saturated carbocycles. The fourth-order valence-electron chi connectivity index (χ4n) is 2.66. The minimum Gasteiger partial charge on any atom is -0.505 e. The molecule has 2 aromatic carbocycles. The summed E-state index contributed by atoms with van der Waals surface area (Å²) in [6.07, 6.45) is 0. The number of rotatable bonds is 6. The maximum atomic E-state index is 12.4. The van der Waals surface area contributed by atoms with Gasteiger partial charge in [-0.25, -0.2) is 4.98 Å². The summed E-state index contributed by atoms with van der Waals surface area (Å²) in [5.41, 5.74) is -0.0709. The van der Waals surface area contributed by atoms with Gasteiger partial charge in [0.15, 0.2) is 11.4 Å². The second kappa shape index (κ2) is 7.70. The number of carbonyl (C=O) groups excluding carboxylic acids is 1. The first-order valence-corrected chi connectivity index (χ1v) is 8.14. The number of pyridine rings is 1. The number of carbonyl (C=O) groups is 2. The molecule has 0 spiro atoms. The molecule has 0 unspecified atom stereocenters. The predicted molar refractivity (Wildman–Crippen MR) is 99.1 cm³/mol. The molecule has 28 heavy (non-hydrogen) atoms. The number of fused-ring (bicyclic) bond motifs is 1. The van der Waals surface area contributed by atoms with Crippen LogP contribution in [-0.2, 0) is 4.79 Å². The van der Waals surface area contributed by atoms with Gasteiger partial charge >= 0.3 is 5.97 Å². The molecule has 0 aliphatic rings. The molecule has 3 rings (SSSR count). The normalized spacial score (nSPS) is 10.5. The van der Waals surface area contributed by atoms with Gasteiger partial charge in [0.2, 0.25) is 0 Å². The summed E-state index contributed by atoms with van der Waals surface area (Å²) in [6, 6.07) is 13.9. The van der Waals surface area contributed by atoms with Gasteiger partial charge in [-0.1, -0.05) is 18.2 Å². The van der Waals surface area contributed by atoms with E-state index in [9.17, 15) is 19.6 Å². The van der Waals surface area contributed by atoms with Crippen LogP contribution in [0.3, 0.4) is 0 Å². The number of hydrogen-bond donors (Lipinski definition) is 2. The molecule has 9 nitrogen and oxygen atoms in total. The molecule has 2 N–H and O–H groups in total. The number of ether oxygens (including phenoxy) is 1. The molecule has 0 fully saturated rings. The van der Waals surface area contributed by atoms with E-state index in [1.165, 1.54) is 0 Å². The minimum absolute atomic E-state index is 0.183. The van der Waals surface area contributed by atoms with Crippen LogP contribution in [0.1, 0.15) is 16.2 Å². The van der Waals surface area contributed by atoms with E-state index in [4.69, 9.17) is 9.84 Å². The zero-order valence-electron chi connectivity index (χ0n) is 14.7. The molecule has 1 heterocycles. The Morgan fingerprint density at radius 2 is 1.82 bits per heavy atom. The van der Waals surface area contributed by atoms with Gasteiger partial charge in [-0.05, 0) is 37.3 Å². The van der Waals surface area contributed by atoms with Crippen molar-refractivity contribution in [1.29, 1.82) is 0 Å². The van der Waals surface area contributed by atoms with Crippen LogP contribution in [-0.4, -0.2) is 38.6 Å². The first-order chi connectivity index (χ1) is 13.4. The van der Waals surface area contributed by atoms with Crippen LogP contribution in [0.25, 0.3) is 10.8 Å². The van der Waals surface area contributed by atoms with Crippen molar-refractivity contribution in [2.45, 2.75) is 6.92 Å². The summed E-state index contributed by atoms with van der Waals surface area (Å²) in [4.78, 5) is 38.0. The highest BCUT2D eigenvalue weighted by atomic mass is 16.5. The minimum atomic E-state index is -1.42. The van der Waals surface area contributed by atoms with Crippen LogP contribution in [0.4, 0.5) is 0 Å².